The van der Waals surface area contributed by atoms with Crippen LogP contribution in [0.2, 0.25) is 0 Å². The van der Waals surface area contributed by atoms with Gasteiger partial charge in [-0.1, -0.05) is 42.5 Å². The zero-order chi connectivity index (χ0) is 23.0. The van der Waals surface area contributed by atoms with E-state index in [1.54, 1.807) is 33.8 Å². The zero-order valence-corrected chi connectivity index (χ0v) is 18.2. The van der Waals surface area contributed by atoms with Gasteiger partial charge in [-0.15, -0.1) is 0 Å². The summed E-state index contributed by atoms with van der Waals surface area (Å²) in [7, 11) is 0. The van der Waals surface area contributed by atoms with Gasteiger partial charge in [-0.2, -0.15) is 0 Å². The van der Waals surface area contributed by atoms with Crippen LogP contribution in [0.5, 0.6) is 0 Å². The summed E-state index contributed by atoms with van der Waals surface area (Å²) in [6, 6.07) is 14.2. The highest BCUT2D eigenvalue weighted by Gasteiger charge is 2.34. The van der Waals surface area contributed by atoms with Gasteiger partial charge < -0.3 is 9.47 Å². The molecular formula is C23H28N2O6. The molecule has 0 saturated heterocycles. The Labute approximate surface area is 181 Å². The van der Waals surface area contributed by atoms with Gasteiger partial charge in [0, 0.05) is 18.6 Å². The average molecular weight is 428 g/mol. The minimum absolute atomic E-state index is 0.0487. The SMILES string of the molecule is CCOC(=O)[C@H](Cc1ccccc1)N(Cc1cccc([N+](=O)[O-])c1)C(=O)OC(C)(C)C. The molecule has 0 spiro atoms. The fourth-order valence-corrected chi connectivity index (χ4v) is 2.98. The van der Waals surface area contributed by atoms with Crippen LogP contribution in [0.25, 0.3) is 0 Å². The maximum Gasteiger partial charge on any atom is 0.411 e. The van der Waals surface area contributed by atoms with Gasteiger partial charge in [0.1, 0.15) is 11.6 Å². The third-order valence-electron chi connectivity index (χ3n) is 4.31. The number of amides is 1. The molecule has 166 valence electrons. The number of ether oxygens (including phenoxy) is 2. The van der Waals surface area contributed by atoms with Crippen molar-refractivity contribution in [2.45, 2.75) is 52.3 Å². The van der Waals surface area contributed by atoms with Crippen molar-refractivity contribution in [2.75, 3.05) is 6.61 Å². The molecule has 8 nitrogen and oxygen atoms in total. The van der Waals surface area contributed by atoms with Crippen LogP contribution in [0.15, 0.2) is 54.6 Å². The van der Waals surface area contributed by atoms with Gasteiger partial charge in [-0.3, -0.25) is 15.0 Å². The van der Waals surface area contributed by atoms with Gasteiger partial charge >= 0.3 is 12.1 Å². The van der Waals surface area contributed by atoms with Gasteiger partial charge in [-0.25, -0.2) is 9.59 Å². The second-order valence-electron chi connectivity index (χ2n) is 7.99. The van der Waals surface area contributed by atoms with E-state index < -0.39 is 28.6 Å². The number of hydrogen-bond acceptors (Lipinski definition) is 6. The molecule has 1 amide bonds. The molecule has 0 heterocycles. The number of esters is 1. The Morgan fingerprint density at radius 1 is 1.06 bits per heavy atom. The number of nitrogens with zero attached hydrogens (tertiary/aromatic N) is 2. The summed E-state index contributed by atoms with van der Waals surface area (Å²) < 4.78 is 10.8. The van der Waals surface area contributed by atoms with Crippen molar-refractivity contribution in [3.8, 4) is 0 Å². The average Bonchev–Trinajstić information content (AvgIpc) is 2.70. The molecule has 0 aliphatic heterocycles. The first kappa shape index (κ1) is 23.9. The summed E-state index contributed by atoms with van der Waals surface area (Å²) in [4.78, 5) is 37.9. The van der Waals surface area contributed by atoms with E-state index in [0.717, 1.165) is 5.56 Å². The smallest absolute Gasteiger partial charge is 0.411 e. The highest BCUT2D eigenvalue weighted by Crippen LogP contribution is 2.21. The van der Waals surface area contributed by atoms with Gasteiger partial charge in [0.05, 0.1) is 18.1 Å². The molecule has 8 heteroatoms. The molecule has 31 heavy (non-hydrogen) atoms. The summed E-state index contributed by atoms with van der Waals surface area (Å²) in [5.74, 6) is -0.567. The lowest BCUT2D eigenvalue weighted by atomic mass is 10.0. The lowest BCUT2D eigenvalue weighted by Crippen LogP contribution is -2.48. The Kier molecular flexibility index (Phi) is 8.13. The zero-order valence-electron chi connectivity index (χ0n) is 18.2. The third kappa shape index (κ3) is 7.40. The standard InChI is InChI=1S/C23H28N2O6/c1-5-30-21(26)20(15-17-10-7-6-8-11-17)24(22(27)31-23(2,3)4)16-18-12-9-13-19(14-18)25(28)29/h6-14,20H,5,15-16H2,1-4H3/t20-/m0/s1. The highest BCUT2D eigenvalue weighted by atomic mass is 16.6. The molecule has 0 radical (unpaired) electrons. The van der Waals surface area contributed by atoms with Crippen molar-refractivity contribution in [1.29, 1.82) is 0 Å². The van der Waals surface area contributed by atoms with E-state index in [1.807, 2.05) is 30.3 Å². The topological polar surface area (TPSA) is 99.0 Å². The Morgan fingerprint density at radius 3 is 2.29 bits per heavy atom. The number of hydrogen-bond donors (Lipinski definition) is 0. The van der Waals surface area contributed by atoms with E-state index in [2.05, 4.69) is 0 Å². The van der Waals surface area contributed by atoms with E-state index in [0.29, 0.717) is 5.56 Å². The molecule has 0 aliphatic rings. The van der Waals surface area contributed by atoms with Gasteiger partial charge in [-0.05, 0) is 38.8 Å². The molecule has 2 rings (SSSR count). The molecular weight excluding hydrogens is 400 g/mol. The van der Waals surface area contributed by atoms with Crippen LogP contribution in [-0.4, -0.2) is 40.1 Å². The van der Waals surface area contributed by atoms with Crippen molar-refractivity contribution in [3.63, 3.8) is 0 Å². The summed E-state index contributed by atoms with van der Waals surface area (Å²) in [5.41, 5.74) is 0.456. The van der Waals surface area contributed by atoms with E-state index in [-0.39, 0.29) is 25.3 Å². The Morgan fingerprint density at radius 2 is 1.71 bits per heavy atom. The number of rotatable bonds is 8. The van der Waals surface area contributed by atoms with Crippen LogP contribution in [0.3, 0.4) is 0 Å². The van der Waals surface area contributed by atoms with Gasteiger partial charge in [0.15, 0.2) is 0 Å². The van der Waals surface area contributed by atoms with Crippen molar-refractivity contribution < 1.29 is 24.0 Å². The fraction of sp³-hybridized carbons (Fsp3) is 0.391. The first-order chi connectivity index (χ1) is 14.6. The second-order valence-corrected chi connectivity index (χ2v) is 7.99. The highest BCUT2D eigenvalue weighted by molar-refractivity contribution is 5.82. The maximum absolute atomic E-state index is 13.1. The van der Waals surface area contributed by atoms with E-state index in [4.69, 9.17) is 9.47 Å². The van der Waals surface area contributed by atoms with Crippen LogP contribution in [0, 0.1) is 10.1 Å². The lowest BCUT2D eigenvalue weighted by Gasteiger charge is -2.32. The predicted octanol–water partition coefficient (Wildman–Crippen LogP) is 4.51. The summed E-state index contributed by atoms with van der Waals surface area (Å²) >= 11 is 0. The van der Waals surface area contributed by atoms with Gasteiger partial charge in [0.25, 0.3) is 5.69 Å². The Hall–Kier alpha value is -3.42. The number of nitro groups is 1. The minimum atomic E-state index is -0.962. The number of carbonyl (C=O) groups excluding carboxylic acids is 2. The molecule has 0 N–H and O–H groups in total. The number of nitro benzene ring substituents is 1. The molecule has 0 aliphatic carbocycles. The largest absolute Gasteiger partial charge is 0.464 e. The lowest BCUT2D eigenvalue weighted by molar-refractivity contribution is -0.384. The fourth-order valence-electron chi connectivity index (χ4n) is 2.98. The van der Waals surface area contributed by atoms with Gasteiger partial charge in [0.2, 0.25) is 0 Å². The van der Waals surface area contributed by atoms with Crippen LogP contribution in [0.4, 0.5) is 10.5 Å². The summed E-state index contributed by atoms with van der Waals surface area (Å²) in [5, 5.41) is 11.2. The third-order valence-corrected chi connectivity index (χ3v) is 4.31. The van der Waals surface area contributed by atoms with Crippen molar-refractivity contribution >= 4 is 17.7 Å². The normalized spacial score (nSPS) is 12.0. The molecule has 2 aromatic carbocycles. The van der Waals surface area contributed by atoms with Crippen LogP contribution < -0.4 is 0 Å². The predicted molar refractivity (Wildman–Crippen MR) is 115 cm³/mol. The molecule has 2 aromatic rings. The van der Waals surface area contributed by atoms with Crippen LogP contribution in [0.1, 0.15) is 38.8 Å². The number of carbonyl (C=O) groups is 2. The minimum Gasteiger partial charge on any atom is -0.464 e. The Balaban J connectivity index is 2.44. The molecule has 0 saturated carbocycles. The first-order valence-electron chi connectivity index (χ1n) is 10.0. The molecule has 1 atom stereocenters. The van der Waals surface area contributed by atoms with E-state index >= 15 is 0 Å². The monoisotopic (exact) mass is 428 g/mol. The molecule has 0 bridgehead atoms. The summed E-state index contributed by atoms with van der Waals surface area (Å²) in [6.07, 6.45) is -0.485. The second kappa shape index (κ2) is 10.6. The Bertz CT molecular complexity index is 908. The summed E-state index contributed by atoms with van der Waals surface area (Å²) in [6.45, 7) is 6.98. The molecule has 0 unspecified atom stereocenters. The number of benzene rings is 2. The van der Waals surface area contributed by atoms with E-state index in [1.165, 1.54) is 23.1 Å². The number of non-ortho nitro benzene ring substituents is 1. The van der Waals surface area contributed by atoms with E-state index in [9.17, 15) is 19.7 Å². The quantitative estimate of drug-likeness (QED) is 0.349. The maximum atomic E-state index is 13.1. The van der Waals surface area contributed by atoms with Crippen molar-refractivity contribution in [3.05, 3.63) is 75.8 Å². The van der Waals surface area contributed by atoms with Crippen LogP contribution in [-0.2, 0) is 27.2 Å². The molecule has 0 fully saturated rings. The first-order valence-corrected chi connectivity index (χ1v) is 10.0. The molecule has 0 aromatic heterocycles. The van der Waals surface area contributed by atoms with Crippen LogP contribution >= 0.6 is 0 Å². The van der Waals surface area contributed by atoms with Crippen molar-refractivity contribution in [1.82, 2.24) is 4.90 Å². The van der Waals surface area contributed by atoms with Crippen molar-refractivity contribution in [2.24, 2.45) is 0 Å².